The van der Waals surface area contributed by atoms with Crippen molar-refractivity contribution in [3.05, 3.63) is 40.2 Å². The average molecular weight is 290 g/mol. The lowest BCUT2D eigenvalue weighted by Crippen LogP contribution is -2.34. The summed E-state index contributed by atoms with van der Waals surface area (Å²) < 4.78 is 5.06. The number of fused-ring (bicyclic) bond motifs is 1. The highest BCUT2D eigenvalue weighted by atomic mass is 16.4. The summed E-state index contributed by atoms with van der Waals surface area (Å²) in [4.78, 5) is 33.6. The van der Waals surface area contributed by atoms with Crippen LogP contribution in [0.2, 0.25) is 0 Å². The van der Waals surface area contributed by atoms with Gasteiger partial charge in [0.05, 0.1) is 6.42 Å². The van der Waals surface area contributed by atoms with Crippen LogP contribution in [0.3, 0.4) is 0 Å². The Kier molecular flexibility index (Phi) is 4.04. The number of carboxylic acid groups (broad SMARTS) is 1. The summed E-state index contributed by atoms with van der Waals surface area (Å²) in [6.45, 7) is 1.78. The van der Waals surface area contributed by atoms with Crippen molar-refractivity contribution < 1.29 is 19.1 Å². The van der Waals surface area contributed by atoms with Crippen molar-refractivity contribution in [2.24, 2.45) is 5.73 Å². The molecule has 0 radical (unpaired) electrons. The molecule has 1 amide bonds. The maximum absolute atomic E-state index is 11.7. The minimum absolute atomic E-state index is 0.342. The van der Waals surface area contributed by atoms with Crippen molar-refractivity contribution in [1.82, 2.24) is 0 Å². The molecule has 0 aliphatic rings. The second-order valence-electron chi connectivity index (χ2n) is 4.66. The number of carbonyl (C=O) groups is 2. The van der Waals surface area contributed by atoms with E-state index < -0.39 is 23.5 Å². The van der Waals surface area contributed by atoms with Crippen LogP contribution in [0.5, 0.6) is 0 Å². The topological polar surface area (TPSA) is 123 Å². The van der Waals surface area contributed by atoms with Gasteiger partial charge in [0.25, 0.3) is 0 Å². The molecule has 7 nitrogen and oxygen atoms in total. The van der Waals surface area contributed by atoms with E-state index in [0.29, 0.717) is 11.3 Å². The van der Waals surface area contributed by atoms with Gasteiger partial charge in [-0.1, -0.05) is 0 Å². The van der Waals surface area contributed by atoms with Crippen molar-refractivity contribution in [1.29, 1.82) is 0 Å². The summed E-state index contributed by atoms with van der Waals surface area (Å²) in [6, 6.07) is 4.98. The Hall–Kier alpha value is -2.67. The summed E-state index contributed by atoms with van der Waals surface area (Å²) in [6.07, 6.45) is -0.342. The lowest BCUT2D eigenvalue weighted by atomic mass is 10.1. The van der Waals surface area contributed by atoms with Gasteiger partial charge >= 0.3 is 11.6 Å². The fourth-order valence-corrected chi connectivity index (χ4v) is 1.90. The van der Waals surface area contributed by atoms with Gasteiger partial charge in [-0.3, -0.25) is 9.59 Å². The van der Waals surface area contributed by atoms with Gasteiger partial charge in [-0.05, 0) is 24.6 Å². The molecule has 2 rings (SSSR count). The molecule has 2 aromatic rings. The first kappa shape index (κ1) is 14.7. The molecule has 0 aliphatic heterocycles. The molecule has 0 fully saturated rings. The first-order valence-corrected chi connectivity index (χ1v) is 6.19. The quantitative estimate of drug-likeness (QED) is 0.717. The van der Waals surface area contributed by atoms with Crippen LogP contribution in [0.15, 0.2) is 33.5 Å². The van der Waals surface area contributed by atoms with E-state index in [-0.39, 0.29) is 6.42 Å². The zero-order valence-electron chi connectivity index (χ0n) is 11.3. The van der Waals surface area contributed by atoms with Crippen LogP contribution in [-0.4, -0.2) is 23.0 Å². The summed E-state index contributed by atoms with van der Waals surface area (Å²) in [5.41, 5.74) is 6.33. The summed E-state index contributed by atoms with van der Waals surface area (Å²) in [5, 5.41) is 11.9. The van der Waals surface area contributed by atoms with Gasteiger partial charge in [-0.25, -0.2) is 4.79 Å². The predicted octanol–water partition coefficient (Wildman–Crippen LogP) is 0.842. The Morgan fingerprint density at radius 2 is 2.10 bits per heavy atom. The smallest absolute Gasteiger partial charge is 0.336 e. The van der Waals surface area contributed by atoms with Crippen LogP contribution >= 0.6 is 0 Å². The lowest BCUT2D eigenvalue weighted by Gasteiger charge is -2.08. The van der Waals surface area contributed by atoms with E-state index >= 15 is 0 Å². The fraction of sp³-hybridized carbons (Fsp3) is 0.214. The van der Waals surface area contributed by atoms with E-state index in [0.717, 1.165) is 10.9 Å². The van der Waals surface area contributed by atoms with E-state index in [2.05, 4.69) is 5.32 Å². The number of aryl methyl sites for hydroxylation is 1. The zero-order valence-corrected chi connectivity index (χ0v) is 11.3. The molecule has 0 spiro atoms. The predicted molar refractivity (Wildman–Crippen MR) is 76.1 cm³/mol. The van der Waals surface area contributed by atoms with Crippen molar-refractivity contribution >= 4 is 28.5 Å². The van der Waals surface area contributed by atoms with E-state index in [9.17, 15) is 14.4 Å². The van der Waals surface area contributed by atoms with E-state index in [1.54, 1.807) is 19.1 Å². The highest BCUT2D eigenvalue weighted by molar-refractivity contribution is 5.95. The van der Waals surface area contributed by atoms with Crippen LogP contribution in [0.1, 0.15) is 12.0 Å². The average Bonchev–Trinajstić information content (AvgIpc) is 2.37. The van der Waals surface area contributed by atoms with Gasteiger partial charge in [-0.2, -0.15) is 0 Å². The molecule has 7 heteroatoms. The highest BCUT2D eigenvalue weighted by Gasteiger charge is 2.16. The Balaban J connectivity index is 2.22. The molecular formula is C14H14N2O5. The molecule has 110 valence electrons. The summed E-state index contributed by atoms with van der Waals surface area (Å²) in [5.74, 6) is -1.77. The molecule has 0 unspecified atom stereocenters. The van der Waals surface area contributed by atoms with Crippen LogP contribution < -0.4 is 16.7 Å². The number of carbonyl (C=O) groups excluding carboxylic acids is 1. The van der Waals surface area contributed by atoms with Crippen molar-refractivity contribution in [3.63, 3.8) is 0 Å². The molecular weight excluding hydrogens is 276 g/mol. The minimum atomic E-state index is -1.26. The van der Waals surface area contributed by atoms with Gasteiger partial charge in [0.15, 0.2) is 0 Å². The maximum Gasteiger partial charge on any atom is 0.336 e. The molecule has 1 heterocycles. The number of rotatable bonds is 4. The van der Waals surface area contributed by atoms with Crippen molar-refractivity contribution in [2.45, 2.75) is 19.4 Å². The number of hydrogen-bond acceptors (Lipinski definition) is 5. The molecule has 21 heavy (non-hydrogen) atoms. The maximum atomic E-state index is 11.7. The number of benzene rings is 1. The van der Waals surface area contributed by atoms with Crippen molar-refractivity contribution in [2.75, 3.05) is 5.32 Å². The molecule has 1 aromatic heterocycles. The van der Waals surface area contributed by atoms with Gasteiger partial charge in [-0.15, -0.1) is 0 Å². The summed E-state index contributed by atoms with van der Waals surface area (Å²) in [7, 11) is 0. The Bertz CT molecular complexity index is 766. The highest BCUT2D eigenvalue weighted by Crippen LogP contribution is 2.20. The molecule has 0 bridgehead atoms. The largest absolute Gasteiger partial charge is 0.480 e. The van der Waals surface area contributed by atoms with Crippen molar-refractivity contribution in [3.8, 4) is 0 Å². The third kappa shape index (κ3) is 3.46. The molecule has 0 aliphatic carbocycles. The number of nitrogens with one attached hydrogen (secondary N) is 1. The molecule has 0 saturated carbocycles. The zero-order chi connectivity index (χ0) is 15.6. The van der Waals surface area contributed by atoms with Crippen LogP contribution in [0.25, 0.3) is 11.0 Å². The van der Waals surface area contributed by atoms with E-state index in [1.165, 1.54) is 12.1 Å². The number of hydrogen-bond donors (Lipinski definition) is 3. The molecule has 0 saturated heterocycles. The van der Waals surface area contributed by atoms with Gasteiger partial charge < -0.3 is 20.6 Å². The third-order valence-electron chi connectivity index (χ3n) is 2.96. The third-order valence-corrected chi connectivity index (χ3v) is 2.96. The Morgan fingerprint density at radius 1 is 1.38 bits per heavy atom. The second-order valence-corrected chi connectivity index (χ2v) is 4.66. The van der Waals surface area contributed by atoms with Gasteiger partial charge in [0, 0.05) is 23.2 Å². The minimum Gasteiger partial charge on any atom is -0.480 e. The molecule has 4 N–H and O–H groups in total. The van der Waals surface area contributed by atoms with Gasteiger partial charge in [0.1, 0.15) is 11.6 Å². The van der Waals surface area contributed by atoms with Crippen LogP contribution in [0.4, 0.5) is 5.69 Å². The standard InChI is InChI=1S/C14H14N2O5/c1-7-4-13(18)21-11-5-8(2-3-9(7)11)16-12(17)6-10(15)14(19)20/h2-5,10H,6,15H2,1H3,(H,16,17)(H,19,20)/t10-/m1/s1. The monoisotopic (exact) mass is 290 g/mol. The van der Waals surface area contributed by atoms with Crippen LogP contribution in [-0.2, 0) is 9.59 Å². The fourth-order valence-electron chi connectivity index (χ4n) is 1.90. The first-order valence-electron chi connectivity index (χ1n) is 6.19. The number of nitrogens with two attached hydrogens (primary N) is 1. The van der Waals surface area contributed by atoms with Gasteiger partial charge in [0.2, 0.25) is 5.91 Å². The molecule has 1 atom stereocenters. The SMILES string of the molecule is Cc1cc(=O)oc2cc(NC(=O)C[C@@H](N)C(=O)O)ccc12. The Labute approximate surface area is 119 Å². The first-order chi connectivity index (χ1) is 9.86. The van der Waals surface area contributed by atoms with Crippen LogP contribution in [0, 0.1) is 6.92 Å². The number of carboxylic acids is 1. The Morgan fingerprint density at radius 3 is 2.76 bits per heavy atom. The van der Waals surface area contributed by atoms with E-state index in [1.807, 2.05) is 0 Å². The lowest BCUT2D eigenvalue weighted by molar-refractivity contribution is -0.140. The summed E-state index contributed by atoms with van der Waals surface area (Å²) >= 11 is 0. The second kappa shape index (κ2) is 5.76. The normalized spacial score (nSPS) is 12.1. The number of aliphatic carboxylic acids is 1. The van der Waals surface area contributed by atoms with E-state index in [4.69, 9.17) is 15.3 Å². The number of anilines is 1. The molecule has 1 aromatic carbocycles. The number of amides is 1.